The molecule has 1 aliphatic heterocycles. The average molecular weight is 400 g/mol. The molecular weight excluding hydrogens is 384 g/mol. The largest absolute Gasteiger partial charge is 0.467 e. The number of benzene rings is 1. The van der Waals surface area contributed by atoms with Crippen molar-refractivity contribution in [2.75, 3.05) is 31.6 Å². The monoisotopic (exact) mass is 400 g/mol. The number of nitrogens with one attached hydrogen (secondary N) is 2. The molecule has 1 aliphatic rings. The van der Waals surface area contributed by atoms with Crippen molar-refractivity contribution < 1.29 is 31.8 Å². The van der Waals surface area contributed by atoms with E-state index in [1.165, 1.54) is 12.1 Å². The van der Waals surface area contributed by atoms with E-state index in [1.807, 2.05) is 0 Å². The molecule has 2 heterocycles. The van der Waals surface area contributed by atoms with Crippen LogP contribution in [0.2, 0.25) is 0 Å². The van der Waals surface area contributed by atoms with Gasteiger partial charge in [-0.3, -0.25) is 9.78 Å². The zero-order valence-electron chi connectivity index (χ0n) is 14.4. The number of carbonyl (C=O) groups excluding carboxylic acids is 1. The molecule has 2 N–H and O–H groups in total. The summed E-state index contributed by atoms with van der Waals surface area (Å²) in [5, 5.41) is 5.51. The lowest BCUT2D eigenvalue weighted by molar-refractivity contribution is -0.154. The summed E-state index contributed by atoms with van der Waals surface area (Å²) in [4.78, 5) is 19.5. The molecule has 1 unspecified atom stereocenters. The van der Waals surface area contributed by atoms with Crippen LogP contribution in [0.4, 0.5) is 23.2 Å². The van der Waals surface area contributed by atoms with E-state index < -0.39 is 36.5 Å². The molecule has 28 heavy (non-hydrogen) atoms. The van der Waals surface area contributed by atoms with Crippen LogP contribution in [0.3, 0.4) is 0 Å². The fourth-order valence-electron chi connectivity index (χ4n) is 2.51. The summed E-state index contributed by atoms with van der Waals surface area (Å²) in [6.07, 6.45) is -2.96. The highest BCUT2D eigenvalue weighted by molar-refractivity contribution is 6.02. The molecule has 11 heteroatoms. The average Bonchev–Trinajstić information content (AvgIpc) is 2.67. The number of hydrogen-bond acceptors (Lipinski definition) is 6. The first kappa shape index (κ1) is 20.0. The Morgan fingerprint density at radius 3 is 2.86 bits per heavy atom. The van der Waals surface area contributed by atoms with Crippen LogP contribution in [0.25, 0.3) is 0 Å². The van der Waals surface area contributed by atoms with Crippen molar-refractivity contribution in [2.45, 2.75) is 12.3 Å². The summed E-state index contributed by atoms with van der Waals surface area (Å²) in [5.41, 5.74) is 0.231. The quantitative estimate of drug-likeness (QED) is 0.751. The second-order valence-electron chi connectivity index (χ2n) is 5.90. The lowest BCUT2D eigenvalue weighted by Gasteiger charge is -2.24. The Morgan fingerprint density at radius 1 is 1.36 bits per heavy atom. The van der Waals surface area contributed by atoms with Crippen LogP contribution < -0.4 is 15.4 Å². The van der Waals surface area contributed by atoms with Crippen molar-refractivity contribution >= 4 is 11.6 Å². The van der Waals surface area contributed by atoms with Gasteiger partial charge in [0.1, 0.15) is 5.82 Å². The number of anilines is 1. The highest BCUT2D eigenvalue weighted by atomic mass is 19.4. The summed E-state index contributed by atoms with van der Waals surface area (Å²) in [6.45, 7) is 0.0769. The second kappa shape index (κ2) is 8.48. The van der Waals surface area contributed by atoms with Crippen molar-refractivity contribution in [3.8, 4) is 5.88 Å². The maximum absolute atomic E-state index is 14.4. The van der Waals surface area contributed by atoms with E-state index in [-0.39, 0.29) is 11.4 Å². The van der Waals surface area contributed by atoms with Crippen molar-refractivity contribution in [1.29, 1.82) is 0 Å². The van der Waals surface area contributed by atoms with Gasteiger partial charge in [-0.1, -0.05) is 6.07 Å². The summed E-state index contributed by atoms with van der Waals surface area (Å²) >= 11 is 0. The first-order valence-corrected chi connectivity index (χ1v) is 8.26. The zero-order chi connectivity index (χ0) is 20.1. The topological polar surface area (TPSA) is 85.4 Å². The molecule has 1 fully saturated rings. The van der Waals surface area contributed by atoms with E-state index in [0.717, 1.165) is 18.5 Å². The van der Waals surface area contributed by atoms with Crippen molar-refractivity contribution in [2.24, 2.45) is 0 Å². The minimum atomic E-state index is -4.54. The molecular formula is C17H16F4N4O3. The number of amides is 1. The van der Waals surface area contributed by atoms with Crippen molar-refractivity contribution in [3.63, 3.8) is 0 Å². The maximum atomic E-state index is 14.4. The molecule has 1 atom stereocenters. The van der Waals surface area contributed by atoms with Gasteiger partial charge in [0, 0.05) is 24.3 Å². The highest BCUT2D eigenvalue weighted by Crippen LogP contribution is 2.24. The second-order valence-corrected chi connectivity index (χ2v) is 5.90. The van der Waals surface area contributed by atoms with Gasteiger partial charge in [-0.2, -0.15) is 13.2 Å². The first-order chi connectivity index (χ1) is 13.3. The molecule has 0 spiro atoms. The molecule has 150 valence electrons. The summed E-state index contributed by atoms with van der Waals surface area (Å²) in [6, 6.07) is 4.12. The van der Waals surface area contributed by atoms with Gasteiger partial charge in [0.05, 0.1) is 25.1 Å². The van der Waals surface area contributed by atoms with Gasteiger partial charge >= 0.3 is 6.18 Å². The number of hydrogen-bond donors (Lipinski definition) is 2. The Hall–Kier alpha value is -2.79. The van der Waals surface area contributed by atoms with Gasteiger partial charge in [-0.15, -0.1) is 0 Å². The van der Waals surface area contributed by atoms with Gasteiger partial charge in [0.2, 0.25) is 5.88 Å². The van der Waals surface area contributed by atoms with E-state index in [4.69, 9.17) is 4.74 Å². The number of ether oxygens (including phenoxy) is 2. The van der Waals surface area contributed by atoms with Crippen molar-refractivity contribution in [3.05, 3.63) is 47.7 Å². The van der Waals surface area contributed by atoms with Gasteiger partial charge in [-0.05, 0) is 12.1 Å². The van der Waals surface area contributed by atoms with E-state index >= 15 is 0 Å². The van der Waals surface area contributed by atoms with E-state index in [0.29, 0.717) is 25.3 Å². The number of aromatic nitrogens is 2. The van der Waals surface area contributed by atoms with Gasteiger partial charge in [-0.25, -0.2) is 9.37 Å². The predicted octanol–water partition coefficient (Wildman–Crippen LogP) is 2.47. The van der Waals surface area contributed by atoms with Gasteiger partial charge < -0.3 is 20.1 Å². The number of alkyl halides is 3. The predicted molar refractivity (Wildman–Crippen MR) is 89.5 cm³/mol. The number of rotatable bonds is 5. The third-order valence-electron chi connectivity index (χ3n) is 3.76. The van der Waals surface area contributed by atoms with Crippen LogP contribution in [0, 0.1) is 5.82 Å². The Bertz CT molecular complexity index is 841. The first-order valence-electron chi connectivity index (χ1n) is 8.26. The number of carbonyl (C=O) groups is 1. The Balaban J connectivity index is 1.66. The molecule has 1 amide bonds. The van der Waals surface area contributed by atoms with Crippen LogP contribution in [-0.2, 0) is 4.74 Å². The Morgan fingerprint density at radius 2 is 2.18 bits per heavy atom. The lowest BCUT2D eigenvalue weighted by atomic mass is 10.1. The summed E-state index contributed by atoms with van der Waals surface area (Å²) < 4.78 is 60.9. The smallest absolute Gasteiger partial charge is 0.422 e. The Labute approximate surface area is 157 Å². The standard InChI is InChI=1S/C17H16F4N4O3/c18-12-5-10(1-2-11(12)14-7-22-3-4-27-14)24-16(26)13-6-23-8-15(25-13)28-9-17(19,20)21/h1-2,5-6,8,14,22H,3-4,7,9H2,(H,24,26). The molecule has 2 aromatic rings. The van der Waals surface area contributed by atoms with Crippen LogP contribution in [0.1, 0.15) is 22.2 Å². The summed E-state index contributed by atoms with van der Waals surface area (Å²) in [7, 11) is 0. The fourth-order valence-corrected chi connectivity index (χ4v) is 2.51. The van der Waals surface area contributed by atoms with E-state index in [9.17, 15) is 22.4 Å². The van der Waals surface area contributed by atoms with Gasteiger partial charge in [0.15, 0.2) is 12.3 Å². The number of nitrogens with zero attached hydrogens (tertiary/aromatic N) is 2. The molecule has 1 aromatic carbocycles. The SMILES string of the molecule is O=C(Nc1ccc(C2CNCCO2)c(F)c1)c1cncc(OCC(F)(F)F)n1. The Kier molecular flexibility index (Phi) is 6.05. The molecule has 1 aromatic heterocycles. The highest BCUT2D eigenvalue weighted by Gasteiger charge is 2.29. The van der Waals surface area contributed by atoms with Crippen LogP contribution in [-0.4, -0.2) is 48.4 Å². The fraction of sp³-hybridized carbons (Fsp3) is 0.353. The van der Waals surface area contributed by atoms with Crippen LogP contribution >= 0.6 is 0 Å². The molecule has 7 nitrogen and oxygen atoms in total. The lowest BCUT2D eigenvalue weighted by Crippen LogP contribution is -2.33. The van der Waals surface area contributed by atoms with Crippen LogP contribution in [0.5, 0.6) is 5.88 Å². The minimum absolute atomic E-state index is 0.151. The molecule has 1 saturated heterocycles. The maximum Gasteiger partial charge on any atom is 0.422 e. The summed E-state index contributed by atoms with van der Waals surface area (Å²) in [5.74, 6) is -1.78. The molecule has 0 saturated carbocycles. The molecule has 0 bridgehead atoms. The molecule has 0 aliphatic carbocycles. The number of morpholine rings is 1. The zero-order valence-corrected chi connectivity index (χ0v) is 14.4. The third-order valence-corrected chi connectivity index (χ3v) is 3.76. The van der Waals surface area contributed by atoms with E-state index in [1.54, 1.807) is 0 Å². The van der Waals surface area contributed by atoms with Crippen LogP contribution in [0.15, 0.2) is 30.6 Å². The number of halogens is 4. The van der Waals surface area contributed by atoms with E-state index in [2.05, 4.69) is 25.3 Å². The van der Waals surface area contributed by atoms with Gasteiger partial charge in [0.25, 0.3) is 5.91 Å². The minimum Gasteiger partial charge on any atom is -0.467 e. The molecule has 3 rings (SSSR count). The molecule has 0 radical (unpaired) electrons. The van der Waals surface area contributed by atoms with Crippen molar-refractivity contribution in [1.82, 2.24) is 15.3 Å². The normalized spacial score (nSPS) is 17.2. The third kappa shape index (κ3) is 5.36.